The van der Waals surface area contributed by atoms with Crippen molar-refractivity contribution < 1.29 is 17.4 Å². The molecule has 0 bridgehead atoms. The van der Waals surface area contributed by atoms with E-state index in [0.717, 1.165) is 7.11 Å². The maximum Gasteiger partial charge on any atom is 0.467 e. The zero-order chi connectivity index (χ0) is 17.7. The number of hydrogen-bond acceptors (Lipinski definition) is 3. The third-order valence-corrected chi connectivity index (χ3v) is 2.82. The largest absolute Gasteiger partial charge is 0.467 e. The average Bonchev–Trinajstić information content (AvgIpc) is 2.57. The smallest absolute Gasteiger partial charge is 0.345 e. The highest BCUT2D eigenvalue weighted by Gasteiger charge is 2.28. The fourth-order valence-corrected chi connectivity index (χ4v) is 1.74. The van der Waals surface area contributed by atoms with Gasteiger partial charge in [0.25, 0.3) is 0 Å². The molecule has 0 spiro atoms. The van der Waals surface area contributed by atoms with Gasteiger partial charge in [-0.25, -0.2) is 0 Å². The van der Waals surface area contributed by atoms with Gasteiger partial charge in [0.1, 0.15) is 12.0 Å². The molecule has 0 unspecified atom stereocenters. The van der Waals surface area contributed by atoms with E-state index in [1.54, 1.807) is 0 Å². The number of alkyl halides is 3. The summed E-state index contributed by atoms with van der Waals surface area (Å²) in [5, 5.41) is 0. The highest BCUT2D eigenvalue weighted by Crippen LogP contribution is 2.29. The summed E-state index contributed by atoms with van der Waals surface area (Å²) < 4.78 is 36.4. The Balaban J connectivity index is 0.000000460. The van der Waals surface area contributed by atoms with Gasteiger partial charge in [-0.3, -0.25) is 0 Å². The Hall–Kier alpha value is -1.66. The summed E-state index contributed by atoms with van der Waals surface area (Å²) in [6, 6.07) is 20.7. The normalized spacial score (nSPS) is 9.87. The molecule has 0 amide bonds. The monoisotopic (exact) mass is 345 g/mol. The second-order valence-electron chi connectivity index (χ2n) is 3.93. The molecule has 0 radical (unpaired) electrons. The summed E-state index contributed by atoms with van der Waals surface area (Å²) in [6.07, 6.45) is 0. The van der Waals surface area contributed by atoms with E-state index in [9.17, 15) is 13.2 Å². The van der Waals surface area contributed by atoms with Crippen LogP contribution < -0.4 is 4.90 Å². The van der Waals surface area contributed by atoms with Crippen molar-refractivity contribution in [3.8, 4) is 0 Å². The van der Waals surface area contributed by atoms with Gasteiger partial charge in [0.05, 0.1) is 7.11 Å². The summed E-state index contributed by atoms with van der Waals surface area (Å²) >= 11 is -0.512. The lowest BCUT2D eigenvalue weighted by atomic mass is 10.2. The molecule has 0 heterocycles. The van der Waals surface area contributed by atoms with Crippen LogP contribution in [0.15, 0.2) is 60.7 Å². The topological polar surface area (TPSA) is 12.5 Å². The third-order valence-electron chi connectivity index (χ3n) is 2.46. The quantitative estimate of drug-likeness (QED) is 0.607. The van der Waals surface area contributed by atoms with Crippen LogP contribution >= 0.6 is 12.0 Å². The van der Waals surface area contributed by atoms with Gasteiger partial charge in [-0.2, -0.15) is 13.2 Å². The molecule has 0 aliphatic heterocycles. The van der Waals surface area contributed by atoms with Crippen molar-refractivity contribution in [2.75, 3.05) is 19.1 Å². The maximum absolute atomic E-state index is 10.9. The van der Waals surface area contributed by atoms with Crippen LogP contribution in [0.3, 0.4) is 0 Å². The van der Waals surface area contributed by atoms with Crippen molar-refractivity contribution in [2.45, 2.75) is 19.4 Å². The summed E-state index contributed by atoms with van der Waals surface area (Å²) in [6.45, 7) is 4.00. The fourth-order valence-electron chi connectivity index (χ4n) is 1.55. The molecule has 2 aromatic carbocycles. The molecule has 2 rings (SSSR count). The molecule has 0 atom stereocenters. The van der Waals surface area contributed by atoms with Gasteiger partial charge in [0.2, 0.25) is 0 Å². The van der Waals surface area contributed by atoms with E-state index in [2.05, 4.69) is 64.7 Å². The minimum Gasteiger partial charge on any atom is -0.345 e. The molecule has 0 aromatic heterocycles. The van der Waals surface area contributed by atoms with Crippen molar-refractivity contribution in [1.29, 1.82) is 0 Å². The SMILES string of the molecule is CC.CN(c1ccccc1)c1ccccc1.COSC(F)(F)F. The molecule has 0 aliphatic rings. The van der Waals surface area contributed by atoms with Gasteiger partial charge in [-0.15, -0.1) is 0 Å². The van der Waals surface area contributed by atoms with E-state index in [-0.39, 0.29) is 0 Å². The van der Waals surface area contributed by atoms with Crippen molar-refractivity contribution in [3.05, 3.63) is 60.7 Å². The van der Waals surface area contributed by atoms with Gasteiger partial charge in [-0.05, 0) is 24.3 Å². The molecule has 2 aromatic rings. The Morgan fingerprint density at radius 3 is 1.39 bits per heavy atom. The number of benzene rings is 2. The second-order valence-corrected chi connectivity index (χ2v) is 4.89. The highest BCUT2D eigenvalue weighted by molar-refractivity contribution is 7.95. The lowest BCUT2D eigenvalue weighted by Crippen LogP contribution is -2.08. The number of anilines is 2. The predicted molar refractivity (Wildman–Crippen MR) is 93.0 cm³/mol. The Morgan fingerprint density at radius 2 is 1.17 bits per heavy atom. The Labute approximate surface area is 140 Å². The van der Waals surface area contributed by atoms with E-state index in [1.165, 1.54) is 11.4 Å². The van der Waals surface area contributed by atoms with E-state index < -0.39 is 17.6 Å². The van der Waals surface area contributed by atoms with Gasteiger partial charge < -0.3 is 9.08 Å². The molecule has 6 heteroatoms. The van der Waals surface area contributed by atoms with Crippen molar-refractivity contribution in [3.63, 3.8) is 0 Å². The lowest BCUT2D eigenvalue weighted by Gasteiger charge is -2.18. The van der Waals surface area contributed by atoms with Crippen LogP contribution in [0.4, 0.5) is 24.5 Å². The van der Waals surface area contributed by atoms with Gasteiger partial charge in [-0.1, -0.05) is 50.2 Å². The van der Waals surface area contributed by atoms with Crippen molar-refractivity contribution in [2.24, 2.45) is 0 Å². The first-order valence-electron chi connectivity index (χ1n) is 7.06. The van der Waals surface area contributed by atoms with Crippen LogP contribution in [0.1, 0.15) is 13.8 Å². The van der Waals surface area contributed by atoms with Gasteiger partial charge in [0.15, 0.2) is 0 Å². The van der Waals surface area contributed by atoms with Crippen molar-refractivity contribution in [1.82, 2.24) is 0 Å². The fraction of sp³-hybridized carbons (Fsp3) is 0.294. The minimum absolute atomic E-state index is 0.512. The van der Waals surface area contributed by atoms with E-state index in [0.29, 0.717) is 0 Å². The number of hydrogen-bond donors (Lipinski definition) is 0. The number of nitrogens with zero attached hydrogens (tertiary/aromatic N) is 1. The van der Waals surface area contributed by atoms with E-state index >= 15 is 0 Å². The number of para-hydroxylation sites is 2. The first-order chi connectivity index (χ1) is 10.9. The maximum atomic E-state index is 10.9. The molecule has 0 saturated heterocycles. The molecular weight excluding hydrogens is 323 g/mol. The molecular formula is C17H22F3NOS. The van der Waals surface area contributed by atoms with Crippen LogP contribution in [-0.4, -0.2) is 19.7 Å². The summed E-state index contributed by atoms with van der Waals surface area (Å²) in [4.78, 5) is 2.17. The molecule has 23 heavy (non-hydrogen) atoms. The van der Waals surface area contributed by atoms with E-state index in [1.807, 2.05) is 26.0 Å². The third kappa shape index (κ3) is 9.86. The zero-order valence-electron chi connectivity index (χ0n) is 13.7. The average molecular weight is 345 g/mol. The molecule has 128 valence electrons. The van der Waals surface area contributed by atoms with Crippen LogP contribution in [-0.2, 0) is 4.18 Å². The van der Waals surface area contributed by atoms with Gasteiger partial charge in [0, 0.05) is 18.4 Å². The standard InChI is InChI=1S/C13H13N.C2H3F3OS.C2H6/c1-14(12-8-4-2-5-9-12)13-10-6-3-7-11-13;1-6-7-2(3,4)5;1-2/h2-11H,1H3;1H3;1-2H3. The minimum atomic E-state index is -4.26. The first-order valence-corrected chi connectivity index (χ1v) is 7.80. The highest BCUT2D eigenvalue weighted by atomic mass is 32.2. The predicted octanol–water partition coefficient (Wildman–Crippen LogP) is 6.28. The van der Waals surface area contributed by atoms with Gasteiger partial charge >= 0.3 is 5.51 Å². The van der Waals surface area contributed by atoms with Crippen LogP contribution in [0, 0.1) is 0 Å². The molecule has 0 N–H and O–H groups in total. The Kier molecular flexibility index (Phi) is 11.0. The first kappa shape index (κ1) is 21.3. The number of rotatable bonds is 3. The Bertz CT molecular complexity index is 467. The second kappa shape index (κ2) is 11.8. The summed E-state index contributed by atoms with van der Waals surface area (Å²) in [7, 11) is 3.04. The van der Waals surface area contributed by atoms with Crippen molar-refractivity contribution >= 4 is 23.4 Å². The Morgan fingerprint density at radius 1 is 0.826 bits per heavy atom. The van der Waals surface area contributed by atoms with Crippen LogP contribution in [0.2, 0.25) is 0 Å². The van der Waals surface area contributed by atoms with E-state index in [4.69, 9.17) is 0 Å². The zero-order valence-corrected chi connectivity index (χ0v) is 14.5. The van der Waals surface area contributed by atoms with Crippen LogP contribution in [0.5, 0.6) is 0 Å². The molecule has 0 saturated carbocycles. The molecule has 0 aliphatic carbocycles. The lowest BCUT2D eigenvalue weighted by molar-refractivity contribution is -0.0386. The molecule has 2 nitrogen and oxygen atoms in total. The summed E-state index contributed by atoms with van der Waals surface area (Å²) in [5.41, 5.74) is -1.84. The summed E-state index contributed by atoms with van der Waals surface area (Å²) in [5.74, 6) is 0. The number of halogens is 3. The van der Waals surface area contributed by atoms with Crippen LogP contribution in [0.25, 0.3) is 0 Å². The molecule has 0 fully saturated rings.